The lowest BCUT2D eigenvalue weighted by atomic mass is 10.1. The molecule has 3 rings (SSSR count). The van der Waals surface area contributed by atoms with E-state index in [4.69, 9.17) is 4.74 Å². The highest BCUT2D eigenvalue weighted by molar-refractivity contribution is 7.13. The summed E-state index contributed by atoms with van der Waals surface area (Å²) in [4.78, 5) is 12.4. The lowest BCUT2D eigenvalue weighted by Gasteiger charge is -2.15. The molecule has 0 radical (unpaired) electrons. The van der Waals surface area contributed by atoms with Gasteiger partial charge in [0, 0.05) is 31.3 Å². The summed E-state index contributed by atoms with van der Waals surface area (Å²) in [7, 11) is 0. The van der Waals surface area contributed by atoms with Gasteiger partial charge in [0.25, 0.3) is 0 Å². The SMILES string of the molecule is O=c1cc2n(CC3CCOC3)cccc-2s1. The predicted molar refractivity (Wildman–Crippen MR) is 64.1 cm³/mol. The largest absolute Gasteiger partial charge is 0.381 e. The Morgan fingerprint density at radius 1 is 1.56 bits per heavy atom. The van der Waals surface area contributed by atoms with Crippen molar-refractivity contribution in [2.24, 2.45) is 5.92 Å². The first-order valence-corrected chi connectivity index (χ1v) is 6.31. The van der Waals surface area contributed by atoms with Crippen LogP contribution in [0, 0.1) is 5.92 Å². The van der Waals surface area contributed by atoms with Crippen molar-refractivity contribution in [2.75, 3.05) is 13.2 Å². The lowest BCUT2D eigenvalue weighted by Crippen LogP contribution is -2.12. The van der Waals surface area contributed by atoms with Crippen LogP contribution in [0.25, 0.3) is 10.6 Å². The van der Waals surface area contributed by atoms with E-state index in [1.807, 2.05) is 18.3 Å². The third-order valence-corrected chi connectivity index (χ3v) is 3.90. The molecule has 0 aromatic heterocycles. The quantitative estimate of drug-likeness (QED) is 0.797. The lowest BCUT2D eigenvalue weighted by molar-refractivity contribution is 0.182. The fourth-order valence-electron chi connectivity index (χ4n) is 2.20. The molecule has 1 saturated heterocycles. The number of rotatable bonds is 2. The molecule has 0 N–H and O–H groups in total. The minimum absolute atomic E-state index is 0.137. The van der Waals surface area contributed by atoms with Crippen LogP contribution in [0.5, 0.6) is 0 Å². The van der Waals surface area contributed by atoms with Crippen LogP contribution < -0.4 is 4.74 Å². The van der Waals surface area contributed by atoms with E-state index < -0.39 is 0 Å². The fourth-order valence-corrected chi connectivity index (χ4v) is 3.01. The molecule has 4 heteroatoms. The van der Waals surface area contributed by atoms with Crippen molar-refractivity contribution in [3.8, 4) is 10.6 Å². The summed E-state index contributed by atoms with van der Waals surface area (Å²) in [6, 6.07) is 5.74. The Morgan fingerprint density at radius 3 is 3.31 bits per heavy atom. The Balaban J connectivity index is 1.94. The molecule has 1 atom stereocenters. The summed E-state index contributed by atoms with van der Waals surface area (Å²) in [5.41, 5.74) is 1.06. The smallest absolute Gasteiger partial charge is 0.235 e. The van der Waals surface area contributed by atoms with E-state index in [9.17, 15) is 4.79 Å². The zero-order chi connectivity index (χ0) is 11.0. The summed E-state index contributed by atoms with van der Waals surface area (Å²) in [6.07, 6.45) is 3.17. The number of ether oxygens (including phenoxy) is 1. The minimum atomic E-state index is 0.137. The molecule has 0 spiro atoms. The molecular weight excluding hydrogens is 222 g/mol. The van der Waals surface area contributed by atoms with Crippen LogP contribution in [-0.4, -0.2) is 17.8 Å². The van der Waals surface area contributed by atoms with Crippen LogP contribution in [0.1, 0.15) is 6.42 Å². The second-order valence-electron chi connectivity index (χ2n) is 4.21. The monoisotopic (exact) mass is 235 g/mol. The highest BCUT2D eigenvalue weighted by Gasteiger charge is 2.18. The summed E-state index contributed by atoms with van der Waals surface area (Å²) >= 11 is 1.32. The van der Waals surface area contributed by atoms with Gasteiger partial charge in [0.1, 0.15) is 0 Å². The maximum atomic E-state index is 11.4. The van der Waals surface area contributed by atoms with Gasteiger partial charge in [0.15, 0.2) is 0 Å². The normalized spacial score (nSPS) is 20.6. The van der Waals surface area contributed by atoms with Gasteiger partial charge in [0.05, 0.1) is 17.2 Å². The Bertz CT molecular complexity index is 510. The van der Waals surface area contributed by atoms with Crippen molar-refractivity contribution < 1.29 is 4.74 Å². The Morgan fingerprint density at radius 2 is 2.50 bits per heavy atom. The average Bonchev–Trinajstić information content (AvgIpc) is 2.86. The molecule has 0 aromatic rings. The number of aromatic nitrogens is 1. The van der Waals surface area contributed by atoms with Gasteiger partial charge in [-0.15, -0.1) is 0 Å². The summed E-state index contributed by atoms with van der Waals surface area (Å²) in [6.45, 7) is 2.67. The highest BCUT2D eigenvalue weighted by atomic mass is 32.1. The van der Waals surface area contributed by atoms with Crippen molar-refractivity contribution in [3.05, 3.63) is 33.9 Å². The standard InChI is InChI=1S/C12H13NO2S/c14-12-6-10-11(16-12)2-1-4-13(10)7-9-3-5-15-8-9/h1-2,4,6,9H,3,5,7-8H2. The predicted octanol–water partition coefficient (Wildman–Crippen LogP) is 2.05. The van der Waals surface area contributed by atoms with Gasteiger partial charge in [-0.1, -0.05) is 11.3 Å². The third kappa shape index (κ3) is 1.79. The molecule has 0 bridgehead atoms. The van der Waals surface area contributed by atoms with Crippen LogP contribution in [0.2, 0.25) is 0 Å². The first-order valence-electron chi connectivity index (χ1n) is 5.50. The molecule has 3 heterocycles. The van der Waals surface area contributed by atoms with Crippen LogP contribution in [0.3, 0.4) is 0 Å². The fraction of sp³-hybridized carbons (Fsp3) is 0.417. The summed E-state index contributed by atoms with van der Waals surface area (Å²) in [5, 5.41) is 0. The van der Waals surface area contributed by atoms with Crippen molar-refractivity contribution in [2.45, 2.75) is 13.0 Å². The van der Waals surface area contributed by atoms with E-state index >= 15 is 0 Å². The maximum Gasteiger partial charge on any atom is 0.235 e. The molecule has 3 aliphatic rings. The number of nitrogens with zero attached hydrogens (tertiary/aromatic N) is 1. The molecule has 1 fully saturated rings. The van der Waals surface area contributed by atoms with E-state index in [0.717, 1.165) is 36.8 Å². The molecule has 0 saturated carbocycles. The zero-order valence-corrected chi connectivity index (χ0v) is 9.70. The van der Waals surface area contributed by atoms with Gasteiger partial charge in [-0.3, -0.25) is 4.79 Å². The van der Waals surface area contributed by atoms with Gasteiger partial charge in [0.2, 0.25) is 4.74 Å². The molecule has 3 nitrogen and oxygen atoms in total. The second-order valence-corrected chi connectivity index (χ2v) is 5.25. The van der Waals surface area contributed by atoms with Crippen molar-refractivity contribution in [1.82, 2.24) is 4.57 Å². The molecule has 1 unspecified atom stereocenters. The average molecular weight is 235 g/mol. The molecular formula is C12H13NO2S. The summed E-state index contributed by atoms with van der Waals surface area (Å²) in [5.74, 6) is 0.589. The molecule has 0 aliphatic carbocycles. The van der Waals surface area contributed by atoms with E-state index in [-0.39, 0.29) is 4.74 Å². The van der Waals surface area contributed by atoms with E-state index in [0.29, 0.717) is 5.92 Å². The second kappa shape index (κ2) is 4.03. The number of hydrogen-bond donors (Lipinski definition) is 0. The summed E-state index contributed by atoms with van der Waals surface area (Å²) < 4.78 is 7.68. The van der Waals surface area contributed by atoms with E-state index in [2.05, 4.69) is 4.57 Å². The van der Waals surface area contributed by atoms with Gasteiger partial charge < -0.3 is 9.30 Å². The molecule has 84 valence electrons. The number of thiophene rings is 1. The molecule has 0 aromatic carbocycles. The van der Waals surface area contributed by atoms with Crippen LogP contribution in [0.15, 0.2) is 29.2 Å². The van der Waals surface area contributed by atoms with Gasteiger partial charge in [-0.05, 0) is 18.6 Å². The van der Waals surface area contributed by atoms with E-state index in [1.165, 1.54) is 11.3 Å². The minimum Gasteiger partial charge on any atom is -0.381 e. The van der Waals surface area contributed by atoms with Gasteiger partial charge in [-0.2, -0.15) is 0 Å². The van der Waals surface area contributed by atoms with Crippen molar-refractivity contribution in [3.63, 3.8) is 0 Å². The number of hydrogen-bond acceptors (Lipinski definition) is 3. The van der Waals surface area contributed by atoms with Crippen LogP contribution in [0.4, 0.5) is 0 Å². The highest BCUT2D eigenvalue weighted by Crippen LogP contribution is 2.26. The van der Waals surface area contributed by atoms with Crippen LogP contribution in [-0.2, 0) is 11.3 Å². The topological polar surface area (TPSA) is 31.2 Å². The Kier molecular flexibility index (Phi) is 2.53. The Hall–Kier alpha value is -1.13. The van der Waals surface area contributed by atoms with Crippen LogP contribution >= 0.6 is 11.3 Å². The maximum absolute atomic E-state index is 11.4. The van der Waals surface area contributed by atoms with Crippen molar-refractivity contribution in [1.29, 1.82) is 0 Å². The van der Waals surface area contributed by atoms with Crippen molar-refractivity contribution >= 4 is 11.3 Å². The van der Waals surface area contributed by atoms with Gasteiger partial charge in [-0.25, -0.2) is 0 Å². The molecule has 16 heavy (non-hydrogen) atoms. The molecule has 0 amide bonds. The number of fused-ring (bicyclic) bond motifs is 1. The first kappa shape index (κ1) is 10.1. The first-order chi connectivity index (χ1) is 7.83. The Labute approximate surface area is 97.6 Å². The van der Waals surface area contributed by atoms with E-state index in [1.54, 1.807) is 6.07 Å². The number of pyridine rings is 1. The van der Waals surface area contributed by atoms with Gasteiger partial charge >= 0.3 is 0 Å². The zero-order valence-electron chi connectivity index (χ0n) is 8.89. The third-order valence-electron chi connectivity index (χ3n) is 3.02. The molecule has 3 aliphatic heterocycles.